The van der Waals surface area contributed by atoms with Crippen molar-refractivity contribution in [2.75, 3.05) is 7.11 Å². The number of carbonyl (C=O) groups is 2. The summed E-state index contributed by atoms with van der Waals surface area (Å²) >= 11 is 0. The number of aromatic nitrogens is 2. The van der Waals surface area contributed by atoms with Crippen LogP contribution >= 0.6 is 0 Å². The number of imide groups is 1. The van der Waals surface area contributed by atoms with Gasteiger partial charge in [0.1, 0.15) is 0 Å². The smallest absolute Gasteiger partial charge is 0.316 e. The molecule has 6 nitrogen and oxygen atoms in total. The van der Waals surface area contributed by atoms with E-state index in [1.807, 2.05) is 0 Å². The quantitative estimate of drug-likeness (QED) is 0.660. The van der Waals surface area contributed by atoms with Gasteiger partial charge in [-0.25, -0.2) is 9.97 Å². The minimum absolute atomic E-state index is 0.212. The Balaban J connectivity index is 2.34. The van der Waals surface area contributed by atoms with Crippen LogP contribution < -0.4 is 10.1 Å². The lowest BCUT2D eigenvalue weighted by molar-refractivity contribution is -0.123. The highest BCUT2D eigenvalue weighted by molar-refractivity contribution is 6.33. The van der Waals surface area contributed by atoms with E-state index in [1.54, 1.807) is 0 Å². The van der Waals surface area contributed by atoms with Gasteiger partial charge in [0.05, 0.1) is 12.7 Å². The molecule has 76 valence electrons. The van der Waals surface area contributed by atoms with Gasteiger partial charge in [-0.3, -0.25) is 14.9 Å². The van der Waals surface area contributed by atoms with E-state index in [4.69, 9.17) is 4.74 Å². The summed E-state index contributed by atoms with van der Waals surface area (Å²) < 4.78 is 4.77. The molecule has 15 heavy (non-hydrogen) atoms. The zero-order valence-electron chi connectivity index (χ0n) is 7.85. The highest BCUT2D eigenvalue weighted by Gasteiger charge is 2.22. The Hall–Kier alpha value is -2.24. The van der Waals surface area contributed by atoms with Crippen molar-refractivity contribution < 1.29 is 14.3 Å². The van der Waals surface area contributed by atoms with Crippen LogP contribution in [0.2, 0.25) is 0 Å². The summed E-state index contributed by atoms with van der Waals surface area (Å²) in [4.78, 5) is 29.8. The number of hydrogen-bond acceptors (Lipinski definition) is 5. The van der Waals surface area contributed by atoms with Crippen LogP contribution in [-0.2, 0) is 9.59 Å². The van der Waals surface area contributed by atoms with Crippen LogP contribution in [0.4, 0.5) is 0 Å². The van der Waals surface area contributed by atoms with Crippen molar-refractivity contribution in [1.29, 1.82) is 0 Å². The fourth-order valence-corrected chi connectivity index (χ4v) is 1.19. The Kier molecular flexibility index (Phi) is 2.17. The molecular weight excluding hydrogens is 198 g/mol. The van der Waals surface area contributed by atoms with E-state index >= 15 is 0 Å². The molecule has 0 aliphatic carbocycles. The van der Waals surface area contributed by atoms with E-state index in [0.717, 1.165) is 0 Å². The van der Waals surface area contributed by atoms with Crippen molar-refractivity contribution in [2.24, 2.45) is 0 Å². The number of ether oxygens (including phenoxy) is 1. The molecule has 1 aromatic rings. The average molecular weight is 205 g/mol. The third-order valence-electron chi connectivity index (χ3n) is 1.88. The Bertz CT molecular complexity index is 450. The minimum atomic E-state index is -0.436. The van der Waals surface area contributed by atoms with Crippen LogP contribution in [0, 0.1) is 0 Å². The van der Waals surface area contributed by atoms with Crippen molar-refractivity contribution in [3.63, 3.8) is 0 Å². The molecule has 0 spiro atoms. The van der Waals surface area contributed by atoms with Gasteiger partial charge in [0.2, 0.25) is 0 Å². The summed E-state index contributed by atoms with van der Waals surface area (Å²) in [6.07, 6.45) is 4.07. The Morgan fingerprint density at radius 2 is 1.93 bits per heavy atom. The Morgan fingerprint density at radius 3 is 2.40 bits per heavy atom. The fraction of sp³-hybridized carbons (Fsp3) is 0.111. The van der Waals surface area contributed by atoms with E-state index in [9.17, 15) is 9.59 Å². The number of methoxy groups -OCH3 is 1. The maximum absolute atomic E-state index is 11.3. The summed E-state index contributed by atoms with van der Waals surface area (Å²) in [7, 11) is 1.44. The van der Waals surface area contributed by atoms with Crippen LogP contribution in [-0.4, -0.2) is 28.9 Å². The van der Waals surface area contributed by atoms with E-state index < -0.39 is 11.8 Å². The Morgan fingerprint density at radius 1 is 1.27 bits per heavy atom. The first-order chi connectivity index (χ1) is 7.20. The molecule has 1 N–H and O–H groups in total. The van der Waals surface area contributed by atoms with Crippen molar-refractivity contribution >= 4 is 17.4 Å². The minimum Gasteiger partial charge on any atom is -0.467 e. The molecule has 6 heteroatoms. The molecule has 0 aromatic carbocycles. The van der Waals surface area contributed by atoms with Gasteiger partial charge in [0.25, 0.3) is 11.8 Å². The number of carbonyl (C=O) groups excluding carboxylic acids is 2. The number of nitrogens with zero attached hydrogens (tertiary/aromatic N) is 2. The number of hydrogen-bond donors (Lipinski definition) is 1. The summed E-state index contributed by atoms with van der Waals surface area (Å²) in [5.74, 6) is -0.861. The van der Waals surface area contributed by atoms with Gasteiger partial charge in [-0.1, -0.05) is 0 Å². The van der Waals surface area contributed by atoms with Gasteiger partial charge in [0, 0.05) is 24.0 Å². The van der Waals surface area contributed by atoms with E-state index in [1.165, 1.54) is 25.6 Å². The number of rotatable bonds is 2. The van der Waals surface area contributed by atoms with Crippen molar-refractivity contribution in [1.82, 2.24) is 15.3 Å². The molecule has 1 aromatic heterocycles. The molecular formula is C9H7N3O3. The molecule has 0 bridgehead atoms. The third-order valence-corrected chi connectivity index (χ3v) is 1.88. The van der Waals surface area contributed by atoms with Gasteiger partial charge in [0.15, 0.2) is 0 Å². The second kappa shape index (κ2) is 3.49. The van der Waals surface area contributed by atoms with Crippen LogP contribution in [0.25, 0.3) is 5.57 Å². The van der Waals surface area contributed by atoms with Gasteiger partial charge in [-0.15, -0.1) is 0 Å². The number of amides is 2. The van der Waals surface area contributed by atoms with Gasteiger partial charge < -0.3 is 4.74 Å². The zero-order valence-corrected chi connectivity index (χ0v) is 7.85. The molecule has 0 saturated heterocycles. The lowest BCUT2D eigenvalue weighted by Gasteiger charge is -2.00. The average Bonchev–Trinajstić information content (AvgIpc) is 2.58. The van der Waals surface area contributed by atoms with E-state index in [-0.39, 0.29) is 11.6 Å². The highest BCUT2D eigenvalue weighted by atomic mass is 16.5. The predicted molar refractivity (Wildman–Crippen MR) is 49.7 cm³/mol. The first kappa shape index (κ1) is 9.32. The van der Waals surface area contributed by atoms with Crippen LogP contribution in [0.5, 0.6) is 6.01 Å². The maximum Gasteiger partial charge on any atom is 0.316 e. The van der Waals surface area contributed by atoms with Crippen molar-refractivity contribution in [3.8, 4) is 6.01 Å². The lowest BCUT2D eigenvalue weighted by Crippen LogP contribution is -2.21. The highest BCUT2D eigenvalue weighted by Crippen LogP contribution is 2.17. The topological polar surface area (TPSA) is 81.2 Å². The lowest BCUT2D eigenvalue weighted by atomic mass is 10.1. The maximum atomic E-state index is 11.3. The monoisotopic (exact) mass is 205 g/mol. The van der Waals surface area contributed by atoms with Crippen LogP contribution in [0.3, 0.4) is 0 Å². The summed E-state index contributed by atoms with van der Waals surface area (Å²) in [6, 6.07) is 0.212. The second-order valence-electron chi connectivity index (χ2n) is 2.83. The molecule has 1 aliphatic heterocycles. The molecule has 2 rings (SSSR count). The molecule has 0 radical (unpaired) electrons. The van der Waals surface area contributed by atoms with Crippen molar-refractivity contribution in [3.05, 3.63) is 24.0 Å². The molecule has 0 saturated carbocycles. The molecule has 1 aliphatic rings. The molecule has 2 heterocycles. The zero-order chi connectivity index (χ0) is 10.8. The van der Waals surface area contributed by atoms with E-state index in [2.05, 4.69) is 15.3 Å². The molecule has 0 atom stereocenters. The predicted octanol–water partition coefficient (Wildman–Crippen LogP) is -0.475. The fourth-order valence-electron chi connectivity index (χ4n) is 1.19. The number of nitrogens with one attached hydrogen (secondary N) is 1. The first-order valence-electron chi connectivity index (χ1n) is 4.14. The van der Waals surface area contributed by atoms with Gasteiger partial charge in [-0.2, -0.15) is 0 Å². The van der Waals surface area contributed by atoms with Crippen LogP contribution in [0.15, 0.2) is 18.5 Å². The summed E-state index contributed by atoms with van der Waals surface area (Å²) in [5, 5.41) is 2.14. The third kappa shape index (κ3) is 1.69. The molecule has 0 fully saturated rings. The normalized spacial score (nSPS) is 14.9. The Labute approximate surface area is 85.0 Å². The second-order valence-corrected chi connectivity index (χ2v) is 2.83. The van der Waals surface area contributed by atoms with Crippen molar-refractivity contribution in [2.45, 2.75) is 0 Å². The van der Waals surface area contributed by atoms with Crippen LogP contribution in [0.1, 0.15) is 5.56 Å². The first-order valence-corrected chi connectivity index (χ1v) is 4.14. The van der Waals surface area contributed by atoms with Gasteiger partial charge in [-0.05, 0) is 0 Å². The van der Waals surface area contributed by atoms with E-state index in [0.29, 0.717) is 5.56 Å². The summed E-state index contributed by atoms with van der Waals surface area (Å²) in [5.41, 5.74) is 0.752. The molecule has 2 amide bonds. The molecule has 0 unspecified atom stereocenters. The SMILES string of the molecule is COc1ncc(C2=CC(=O)NC2=O)cn1. The van der Waals surface area contributed by atoms with Gasteiger partial charge >= 0.3 is 6.01 Å². The summed E-state index contributed by atoms with van der Waals surface area (Å²) in [6.45, 7) is 0. The largest absolute Gasteiger partial charge is 0.467 e. The standard InChI is InChI=1S/C9H7N3O3/c1-15-9-10-3-5(4-11-9)6-2-7(13)12-8(6)14/h2-4H,1H3,(H,12,13,14).